The van der Waals surface area contributed by atoms with E-state index in [4.69, 9.17) is 14.6 Å². The Labute approximate surface area is 79.5 Å². The number of anilines is 1. The zero-order valence-electron chi connectivity index (χ0n) is 7.48. The fourth-order valence-electron chi connectivity index (χ4n) is 1.06. The van der Waals surface area contributed by atoms with Crippen LogP contribution in [0.4, 0.5) is 5.69 Å². The second kappa shape index (κ2) is 3.02. The van der Waals surface area contributed by atoms with E-state index in [-0.39, 0.29) is 17.3 Å². The van der Waals surface area contributed by atoms with Gasteiger partial charge in [-0.1, -0.05) is 0 Å². The number of nitrogen functional groups attached to an aromatic ring is 1. The maximum absolute atomic E-state index is 11.6. The summed E-state index contributed by atoms with van der Waals surface area (Å²) in [4.78, 5) is 15.2. The van der Waals surface area contributed by atoms with E-state index in [1.807, 2.05) is 0 Å². The van der Waals surface area contributed by atoms with Gasteiger partial charge in [0.2, 0.25) is 0 Å². The molecule has 2 N–H and O–H groups in total. The normalized spacial score (nSPS) is 10.4. The Morgan fingerprint density at radius 2 is 2.29 bits per heavy atom. The van der Waals surface area contributed by atoms with Crippen LogP contribution in [0.3, 0.4) is 0 Å². The molecule has 0 aliphatic heterocycles. The largest absolute Gasteiger partial charge is 0.456 e. The van der Waals surface area contributed by atoms with Crippen LogP contribution in [-0.2, 0) is 0 Å². The molecule has 2 aromatic heterocycles. The number of nitrogens with zero attached hydrogens (tertiary/aromatic N) is 1. The lowest BCUT2D eigenvalue weighted by atomic mass is 10.2. The third kappa shape index (κ3) is 1.28. The first-order chi connectivity index (χ1) is 6.68. The summed E-state index contributed by atoms with van der Waals surface area (Å²) in [7, 11) is 0. The molecule has 0 aliphatic rings. The molecule has 2 rings (SSSR count). The SMILES string of the molecule is Cc1oc(C(=O)c2cnco2)cc1N. The highest BCUT2D eigenvalue weighted by atomic mass is 16.4. The van der Waals surface area contributed by atoms with Crippen molar-refractivity contribution < 1.29 is 13.6 Å². The van der Waals surface area contributed by atoms with Crippen molar-refractivity contribution >= 4 is 11.5 Å². The zero-order valence-corrected chi connectivity index (χ0v) is 7.48. The molecule has 5 nitrogen and oxygen atoms in total. The smallest absolute Gasteiger partial charge is 0.265 e. The minimum atomic E-state index is -0.359. The van der Waals surface area contributed by atoms with Crippen LogP contribution in [0.25, 0.3) is 0 Å². The lowest BCUT2D eigenvalue weighted by Crippen LogP contribution is -1.97. The number of hydrogen-bond donors (Lipinski definition) is 1. The molecule has 2 heterocycles. The number of rotatable bonds is 2. The first-order valence-electron chi connectivity index (χ1n) is 3.97. The number of carbonyl (C=O) groups is 1. The predicted octanol–water partition coefficient (Wildman–Crippen LogP) is 1.39. The Morgan fingerprint density at radius 3 is 2.79 bits per heavy atom. The lowest BCUT2D eigenvalue weighted by Gasteiger charge is -1.89. The molecule has 0 radical (unpaired) electrons. The van der Waals surface area contributed by atoms with Crippen molar-refractivity contribution in [3.05, 3.63) is 35.9 Å². The van der Waals surface area contributed by atoms with Crippen molar-refractivity contribution in [3.8, 4) is 0 Å². The van der Waals surface area contributed by atoms with Gasteiger partial charge in [-0.05, 0) is 6.92 Å². The van der Waals surface area contributed by atoms with Gasteiger partial charge in [-0.25, -0.2) is 4.98 Å². The van der Waals surface area contributed by atoms with Crippen LogP contribution in [0.1, 0.15) is 22.1 Å². The molecule has 0 spiro atoms. The van der Waals surface area contributed by atoms with Crippen molar-refractivity contribution in [2.45, 2.75) is 6.92 Å². The molecule has 0 bridgehead atoms. The van der Waals surface area contributed by atoms with Crippen LogP contribution in [-0.4, -0.2) is 10.8 Å². The Bertz CT molecular complexity index is 437. The van der Waals surface area contributed by atoms with Gasteiger partial charge >= 0.3 is 0 Å². The van der Waals surface area contributed by atoms with Gasteiger partial charge in [0, 0.05) is 6.07 Å². The monoisotopic (exact) mass is 192 g/mol. The fraction of sp³-hybridized carbons (Fsp3) is 0.111. The van der Waals surface area contributed by atoms with E-state index in [9.17, 15) is 4.79 Å². The van der Waals surface area contributed by atoms with Crippen molar-refractivity contribution in [1.82, 2.24) is 4.98 Å². The first-order valence-corrected chi connectivity index (χ1v) is 3.97. The van der Waals surface area contributed by atoms with Crippen LogP contribution in [0.15, 0.2) is 27.5 Å². The van der Waals surface area contributed by atoms with E-state index in [1.54, 1.807) is 6.92 Å². The van der Waals surface area contributed by atoms with Crippen LogP contribution >= 0.6 is 0 Å². The molecule has 0 saturated heterocycles. The number of carbonyl (C=O) groups excluding carboxylic acids is 1. The van der Waals surface area contributed by atoms with Crippen molar-refractivity contribution in [1.29, 1.82) is 0 Å². The summed E-state index contributed by atoms with van der Waals surface area (Å²) in [6.45, 7) is 1.69. The highest BCUT2D eigenvalue weighted by Gasteiger charge is 2.17. The Kier molecular flexibility index (Phi) is 1.85. The number of hydrogen-bond acceptors (Lipinski definition) is 5. The van der Waals surface area contributed by atoms with Gasteiger partial charge in [0.05, 0.1) is 11.9 Å². The van der Waals surface area contributed by atoms with Gasteiger partial charge in [0.25, 0.3) is 5.78 Å². The summed E-state index contributed by atoms with van der Waals surface area (Å²) in [5, 5.41) is 0. The predicted molar refractivity (Wildman–Crippen MR) is 47.8 cm³/mol. The number of furan rings is 1. The van der Waals surface area contributed by atoms with E-state index < -0.39 is 0 Å². The van der Waals surface area contributed by atoms with Crippen molar-refractivity contribution in [3.63, 3.8) is 0 Å². The molecule has 72 valence electrons. The summed E-state index contributed by atoms with van der Waals surface area (Å²) in [5.41, 5.74) is 5.99. The average molecular weight is 192 g/mol. The molecular formula is C9H8N2O3. The van der Waals surface area contributed by atoms with Gasteiger partial charge in [-0.3, -0.25) is 4.79 Å². The highest BCUT2D eigenvalue weighted by Crippen LogP contribution is 2.19. The van der Waals surface area contributed by atoms with Gasteiger partial charge in [-0.15, -0.1) is 0 Å². The number of ketones is 1. The Hall–Kier alpha value is -2.04. The number of oxazole rings is 1. The fourth-order valence-corrected chi connectivity index (χ4v) is 1.06. The minimum absolute atomic E-state index is 0.138. The number of aromatic nitrogens is 1. The van der Waals surface area contributed by atoms with Crippen LogP contribution < -0.4 is 5.73 Å². The maximum atomic E-state index is 11.6. The molecule has 5 heteroatoms. The number of aryl methyl sites for hydroxylation is 1. The second-order valence-corrected chi connectivity index (χ2v) is 2.82. The highest BCUT2D eigenvalue weighted by molar-refractivity contribution is 6.05. The van der Waals surface area contributed by atoms with E-state index in [1.165, 1.54) is 18.7 Å². The van der Waals surface area contributed by atoms with Crippen LogP contribution in [0.5, 0.6) is 0 Å². The average Bonchev–Trinajstić information content (AvgIpc) is 2.76. The molecule has 2 aromatic rings. The van der Waals surface area contributed by atoms with Crippen LogP contribution in [0.2, 0.25) is 0 Å². The molecule has 0 aromatic carbocycles. The Morgan fingerprint density at radius 1 is 1.50 bits per heavy atom. The molecule has 0 amide bonds. The lowest BCUT2D eigenvalue weighted by molar-refractivity contribution is 0.0982. The van der Waals surface area contributed by atoms with Crippen molar-refractivity contribution in [2.75, 3.05) is 5.73 Å². The molecular weight excluding hydrogens is 184 g/mol. The topological polar surface area (TPSA) is 82.3 Å². The van der Waals surface area contributed by atoms with E-state index in [2.05, 4.69) is 4.98 Å². The third-order valence-corrected chi connectivity index (χ3v) is 1.84. The molecule has 0 aliphatic carbocycles. The molecule has 0 atom stereocenters. The van der Waals surface area contributed by atoms with E-state index in [0.29, 0.717) is 11.4 Å². The van der Waals surface area contributed by atoms with Gasteiger partial charge in [-0.2, -0.15) is 0 Å². The summed E-state index contributed by atoms with van der Waals surface area (Å²) in [6, 6.07) is 1.47. The second-order valence-electron chi connectivity index (χ2n) is 2.82. The van der Waals surface area contributed by atoms with Gasteiger partial charge in [0.1, 0.15) is 5.76 Å². The standard InChI is InChI=1S/C9H8N2O3/c1-5-6(10)2-7(14-5)9(12)8-3-11-4-13-8/h2-4H,10H2,1H3. The zero-order chi connectivity index (χ0) is 10.1. The first kappa shape index (κ1) is 8.55. The van der Waals surface area contributed by atoms with Crippen LogP contribution in [0, 0.1) is 6.92 Å². The third-order valence-electron chi connectivity index (χ3n) is 1.84. The Balaban J connectivity index is 2.37. The van der Waals surface area contributed by atoms with Crippen molar-refractivity contribution in [2.24, 2.45) is 0 Å². The minimum Gasteiger partial charge on any atom is -0.456 e. The quantitative estimate of drug-likeness (QED) is 0.727. The number of nitrogens with two attached hydrogens (primary N) is 1. The summed E-state index contributed by atoms with van der Waals surface area (Å²) in [5.74, 6) is 0.464. The van der Waals surface area contributed by atoms with Gasteiger partial charge in [0.15, 0.2) is 17.9 Å². The summed E-state index contributed by atoms with van der Waals surface area (Å²) < 4.78 is 9.97. The van der Waals surface area contributed by atoms with E-state index >= 15 is 0 Å². The summed E-state index contributed by atoms with van der Waals surface area (Å²) >= 11 is 0. The maximum Gasteiger partial charge on any atom is 0.265 e. The molecule has 14 heavy (non-hydrogen) atoms. The molecule has 0 saturated carbocycles. The molecule has 0 unspecified atom stereocenters. The van der Waals surface area contributed by atoms with E-state index in [0.717, 1.165) is 0 Å². The van der Waals surface area contributed by atoms with Gasteiger partial charge < -0.3 is 14.6 Å². The summed E-state index contributed by atoms with van der Waals surface area (Å²) in [6.07, 6.45) is 2.52. The molecule has 0 fully saturated rings.